The molecule has 1 aromatic heterocycles. The molecule has 0 saturated heterocycles. The van der Waals surface area contributed by atoms with Crippen LogP contribution in [0.15, 0.2) is 24.3 Å². The summed E-state index contributed by atoms with van der Waals surface area (Å²) in [6, 6.07) is 7.75. The predicted molar refractivity (Wildman–Crippen MR) is 70.6 cm³/mol. The fourth-order valence-electron chi connectivity index (χ4n) is 1.80. The highest BCUT2D eigenvalue weighted by atomic mass is 32.1. The van der Waals surface area contributed by atoms with E-state index in [0.717, 1.165) is 26.9 Å². The maximum atomic E-state index is 6.25. The van der Waals surface area contributed by atoms with Crippen molar-refractivity contribution in [3.05, 3.63) is 45.4 Å². The van der Waals surface area contributed by atoms with Crippen molar-refractivity contribution >= 4 is 11.3 Å². The fraction of sp³-hybridized carbons (Fsp3) is 0.308. The number of nitrogens with two attached hydrogens (primary N) is 1. The number of nitrogens with zero attached hydrogens (tertiary/aromatic N) is 1. The maximum absolute atomic E-state index is 6.25. The van der Waals surface area contributed by atoms with Gasteiger partial charge in [0.1, 0.15) is 5.75 Å². The van der Waals surface area contributed by atoms with E-state index in [-0.39, 0.29) is 6.04 Å². The molecular formula is C13H16N2OS. The van der Waals surface area contributed by atoms with Crippen molar-refractivity contribution in [2.24, 2.45) is 5.73 Å². The summed E-state index contributed by atoms with van der Waals surface area (Å²) >= 11 is 1.66. The van der Waals surface area contributed by atoms with Crippen molar-refractivity contribution in [2.45, 2.75) is 19.9 Å². The van der Waals surface area contributed by atoms with Gasteiger partial charge in [0.15, 0.2) is 0 Å². The Morgan fingerprint density at radius 3 is 2.35 bits per heavy atom. The van der Waals surface area contributed by atoms with Crippen LogP contribution in [0.2, 0.25) is 0 Å². The number of rotatable bonds is 3. The normalized spacial score (nSPS) is 12.5. The molecule has 0 saturated carbocycles. The third-order valence-electron chi connectivity index (χ3n) is 2.70. The number of aromatic nitrogens is 1. The zero-order valence-corrected chi connectivity index (χ0v) is 11.0. The third kappa shape index (κ3) is 2.48. The number of methoxy groups -OCH3 is 1. The van der Waals surface area contributed by atoms with E-state index in [1.807, 2.05) is 38.1 Å². The molecule has 1 heterocycles. The zero-order valence-electron chi connectivity index (χ0n) is 10.2. The van der Waals surface area contributed by atoms with Gasteiger partial charge in [0, 0.05) is 4.88 Å². The summed E-state index contributed by atoms with van der Waals surface area (Å²) in [5.41, 5.74) is 8.36. The Morgan fingerprint density at radius 2 is 1.88 bits per heavy atom. The quantitative estimate of drug-likeness (QED) is 0.908. The Balaban J connectivity index is 2.30. The number of benzene rings is 1. The van der Waals surface area contributed by atoms with Crippen LogP contribution in [0, 0.1) is 13.8 Å². The van der Waals surface area contributed by atoms with Crippen LogP contribution in [0.4, 0.5) is 0 Å². The Kier molecular flexibility index (Phi) is 3.45. The Morgan fingerprint density at radius 1 is 1.24 bits per heavy atom. The number of thiazole rings is 1. The first kappa shape index (κ1) is 12.1. The summed E-state index contributed by atoms with van der Waals surface area (Å²) in [7, 11) is 1.66. The van der Waals surface area contributed by atoms with E-state index >= 15 is 0 Å². The molecule has 1 atom stereocenters. The predicted octanol–water partition coefficient (Wildman–Crippen LogP) is 2.82. The molecule has 1 aromatic carbocycles. The van der Waals surface area contributed by atoms with E-state index in [2.05, 4.69) is 4.98 Å². The molecule has 0 amide bonds. The summed E-state index contributed by atoms with van der Waals surface area (Å²) in [6.45, 7) is 4.00. The lowest BCUT2D eigenvalue weighted by molar-refractivity contribution is 0.414. The minimum atomic E-state index is -0.105. The molecule has 17 heavy (non-hydrogen) atoms. The molecule has 0 radical (unpaired) electrons. The largest absolute Gasteiger partial charge is 0.497 e. The lowest BCUT2D eigenvalue weighted by Gasteiger charge is -2.11. The molecule has 0 spiro atoms. The van der Waals surface area contributed by atoms with E-state index in [9.17, 15) is 0 Å². The van der Waals surface area contributed by atoms with Gasteiger partial charge in [0.05, 0.1) is 23.9 Å². The molecule has 0 fully saturated rings. The summed E-state index contributed by atoms with van der Waals surface area (Å²) < 4.78 is 5.13. The van der Waals surface area contributed by atoms with Gasteiger partial charge in [-0.05, 0) is 31.5 Å². The number of hydrogen-bond donors (Lipinski definition) is 1. The maximum Gasteiger partial charge on any atom is 0.118 e. The van der Waals surface area contributed by atoms with Crippen LogP contribution in [-0.2, 0) is 0 Å². The lowest BCUT2D eigenvalue weighted by Crippen LogP contribution is -2.11. The monoisotopic (exact) mass is 248 g/mol. The van der Waals surface area contributed by atoms with Gasteiger partial charge < -0.3 is 10.5 Å². The van der Waals surface area contributed by atoms with Gasteiger partial charge >= 0.3 is 0 Å². The molecule has 0 bridgehead atoms. The fourth-order valence-corrected chi connectivity index (χ4v) is 2.76. The van der Waals surface area contributed by atoms with Gasteiger partial charge in [-0.3, -0.25) is 0 Å². The first-order valence-corrected chi connectivity index (χ1v) is 6.27. The molecule has 0 aliphatic heterocycles. The third-order valence-corrected chi connectivity index (χ3v) is 3.85. The molecule has 4 heteroatoms. The average molecular weight is 248 g/mol. The van der Waals surface area contributed by atoms with E-state index in [4.69, 9.17) is 10.5 Å². The van der Waals surface area contributed by atoms with Gasteiger partial charge in [-0.25, -0.2) is 4.98 Å². The molecular weight excluding hydrogens is 232 g/mol. The summed E-state index contributed by atoms with van der Waals surface area (Å²) in [5, 5.41) is 1.06. The smallest absolute Gasteiger partial charge is 0.118 e. The number of aryl methyl sites for hydroxylation is 2. The second-order valence-electron chi connectivity index (χ2n) is 3.93. The van der Waals surface area contributed by atoms with Crippen molar-refractivity contribution in [3.63, 3.8) is 0 Å². The Bertz CT molecular complexity index is 505. The first-order valence-electron chi connectivity index (χ1n) is 5.45. The minimum Gasteiger partial charge on any atom is -0.497 e. The molecule has 3 nitrogen and oxygen atoms in total. The van der Waals surface area contributed by atoms with E-state index in [0.29, 0.717) is 0 Å². The minimum absolute atomic E-state index is 0.105. The van der Waals surface area contributed by atoms with Crippen molar-refractivity contribution in [2.75, 3.05) is 7.11 Å². The van der Waals surface area contributed by atoms with E-state index in [1.54, 1.807) is 18.4 Å². The van der Waals surface area contributed by atoms with Gasteiger partial charge in [-0.15, -0.1) is 11.3 Å². The van der Waals surface area contributed by atoms with Crippen LogP contribution in [0.1, 0.15) is 27.2 Å². The highest BCUT2D eigenvalue weighted by Gasteiger charge is 2.15. The average Bonchev–Trinajstić information content (AvgIpc) is 2.68. The second kappa shape index (κ2) is 4.85. The van der Waals surface area contributed by atoms with Crippen LogP contribution in [0.5, 0.6) is 5.75 Å². The van der Waals surface area contributed by atoms with Crippen LogP contribution in [0.25, 0.3) is 0 Å². The van der Waals surface area contributed by atoms with E-state index in [1.165, 1.54) is 0 Å². The molecule has 2 aromatic rings. The molecule has 90 valence electrons. The van der Waals surface area contributed by atoms with Crippen molar-refractivity contribution < 1.29 is 4.74 Å². The molecule has 2 rings (SSSR count). The number of hydrogen-bond acceptors (Lipinski definition) is 4. The highest BCUT2D eigenvalue weighted by Crippen LogP contribution is 2.28. The van der Waals surface area contributed by atoms with Crippen LogP contribution in [0.3, 0.4) is 0 Å². The molecule has 1 unspecified atom stereocenters. The second-order valence-corrected chi connectivity index (χ2v) is 5.17. The standard InChI is InChI=1S/C13H16N2OS/c1-8-13(17-9(2)15-8)12(14)10-4-6-11(16-3)7-5-10/h4-7,12H,14H2,1-3H3. The number of ether oxygens (including phenoxy) is 1. The topological polar surface area (TPSA) is 48.1 Å². The highest BCUT2D eigenvalue weighted by molar-refractivity contribution is 7.11. The van der Waals surface area contributed by atoms with Crippen LogP contribution >= 0.6 is 11.3 Å². The summed E-state index contributed by atoms with van der Waals surface area (Å²) in [6.07, 6.45) is 0. The van der Waals surface area contributed by atoms with Crippen molar-refractivity contribution in [1.82, 2.24) is 4.98 Å². The molecule has 0 aliphatic carbocycles. The SMILES string of the molecule is COc1ccc(C(N)c2sc(C)nc2C)cc1. The van der Waals surface area contributed by atoms with Crippen molar-refractivity contribution in [1.29, 1.82) is 0 Å². The van der Waals surface area contributed by atoms with Gasteiger partial charge in [0.25, 0.3) is 0 Å². The zero-order chi connectivity index (χ0) is 12.4. The van der Waals surface area contributed by atoms with Gasteiger partial charge in [0.2, 0.25) is 0 Å². The Hall–Kier alpha value is -1.39. The first-order chi connectivity index (χ1) is 8.11. The van der Waals surface area contributed by atoms with E-state index < -0.39 is 0 Å². The lowest BCUT2D eigenvalue weighted by atomic mass is 10.1. The Labute approximate surface area is 105 Å². The summed E-state index contributed by atoms with van der Waals surface area (Å²) in [5.74, 6) is 0.846. The summed E-state index contributed by atoms with van der Waals surface area (Å²) in [4.78, 5) is 5.54. The van der Waals surface area contributed by atoms with Crippen molar-refractivity contribution in [3.8, 4) is 5.75 Å². The molecule has 2 N–H and O–H groups in total. The van der Waals surface area contributed by atoms with Gasteiger partial charge in [-0.2, -0.15) is 0 Å². The van der Waals surface area contributed by atoms with Crippen LogP contribution < -0.4 is 10.5 Å². The molecule has 0 aliphatic rings. The van der Waals surface area contributed by atoms with Crippen LogP contribution in [-0.4, -0.2) is 12.1 Å². The van der Waals surface area contributed by atoms with Gasteiger partial charge in [-0.1, -0.05) is 12.1 Å².